The molecule has 2 aliphatic heterocycles. The van der Waals surface area contributed by atoms with Gasteiger partial charge in [-0.25, -0.2) is 0 Å². The Morgan fingerprint density at radius 2 is 2.12 bits per heavy atom. The first-order valence-electron chi connectivity index (χ1n) is 8.29. The minimum absolute atomic E-state index is 0.0531. The van der Waals surface area contributed by atoms with Crippen molar-refractivity contribution in [2.75, 3.05) is 33.2 Å². The van der Waals surface area contributed by atoms with Gasteiger partial charge < -0.3 is 15.4 Å². The summed E-state index contributed by atoms with van der Waals surface area (Å²) in [6.45, 7) is 2.50. The van der Waals surface area contributed by atoms with E-state index in [1.807, 2.05) is 7.05 Å². The summed E-state index contributed by atoms with van der Waals surface area (Å²) < 4.78 is 4.53. The van der Waals surface area contributed by atoms with E-state index in [4.69, 9.17) is 0 Å². The number of piperidine rings is 1. The molecule has 2 amide bonds. The van der Waals surface area contributed by atoms with E-state index in [1.165, 1.54) is 6.07 Å². The Bertz CT molecular complexity index is 840. The summed E-state index contributed by atoms with van der Waals surface area (Å²) in [5.41, 5.74) is 0.577. The molecule has 2 fully saturated rings. The van der Waals surface area contributed by atoms with E-state index in [-0.39, 0.29) is 17.3 Å². The molecular formula is C16H19N5O4. The van der Waals surface area contributed by atoms with Gasteiger partial charge in [-0.05, 0) is 36.9 Å². The van der Waals surface area contributed by atoms with Gasteiger partial charge in [0, 0.05) is 43.0 Å². The van der Waals surface area contributed by atoms with Crippen LogP contribution in [0.5, 0.6) is 0 Å². The van der Waals surface area contributed by atoms with Gasteiger partial charge in [-0.1, -0.05) is 0 Å². The molecule has 0 saturated carbocycles. The SMILES string of the molecule is CN1CCNC(=O)C12CCN(C(=O)c1ccc3c(c1)no[n+]3[O-])CC2. The number of rotatable bonds is 1. The molecule has 132 valence electrons. The fourth-order valence-corrected chi connectivity index (χ4v) is 3.77. The molecule has 0 radical (unpaired) electrons. The highest BCUT2D eigenvalue weighted by Gasteiger charge is 2.47. The number of hydrogen-bond donors (Lipinski definition) is 1. The van der Waals surface area contributed by atoms with Crippen LogP contribution in [0.1, 0.15) is 23.2 Å². The lowest BCUT2D eigenvalue weighted by Crippen LogP contribution is -2.67. The number of amides is 2. The number of nitrogens with one attached hydrogen (secondary N) is 1. The Labute approximate surface area is 143 Å². The van der Waals surface area contributed by atoms with Crippen LogP contribution in [0.4, 0.5) is 0 Å². The van der Waals surface area contributed by atoms with Crippen molar-refractivity contribution in [3.63, 3.8) is 0 Å². The second-order valence-corrected chi connectivity index (χ2v) is 6.63. The third kappa shape index (κ3) is 2.42. The van der Waals surface area contributed by atoms with E-state index in [0.29, 0.717) is 48.5 Å². The smallest absolute Gasteiger partial charge is 0.254 e. The lowest BCUT2D eigenvalue weighted by atomic mass is 9.83. The van der Waals surface area contributed by atoms with Crippen LogP contribution < -0.4 is 10.2 Å². The van der Waals surface area contributed by atoms with Crippen LogP contribution in [-0.4, -0.2) is 65.5 Å². The first-order valence-corrected chi connectivity index (χ1v) is 8.29. The largest absolute Gasteiger partial charge is 0.359 e. The summed E-state index contributed by atoms with van der Waals surface area (Å²) in [4.78, 5) is 29.3. The molecule has 1 spiro atoms. The van der Waals surface area contributed by atoms with Crippen LogP contribution in [-0.2, 0) is 4.79 Å². The van der Waals surface area contributed by atoms with Crippen molar-refractivity contribution >= 4 is 22.8 Å². The molecule has 1 N–H and O–H groups in total. The molecule has 0 aliphatic carbocycles. The molecule has 0 unspecified atom stereocenters. The molecule has 3 heterocycles. The third-order valence-corrected chi connectivity index (χ3v) is 5.40. The molecule has 0 bridgehead atoms. The van der Waals surface area contributed by atoms with Crippen molar-refractivity contribution in [1.29, 1.82) is 0 Å². The van der Waals surface area contributed by atoms with Gasteiger partial charge in [0.15, 0.2) is 0 Å². The van der Waals surface area contributed by atoms with Gasteiger partial charge in [-0.2, -0.15) is 0 Å². The van der Waals surface area contributed by atoms with Crippen molar-refractivity contribution in [1.82, 2.24) is 20.3 Å². The molecule has 2 saturated heterocycles. The standard InChI is InChI=1S/C16H19N5O4/c1-19-9-6-17-15(23)16(19)4-7-20(8-5-16)14(22)11-2-3-13-12(10-11)18-25-21(13)24/h2-3,10H,4-9H2,1H3,(H,17,23). The Balaban J connectivity index is 1.51. The summed E-state index contributed by atoms with van der Waals surface area (Å²) in [6, 6.07) is 4.68. The molecule has 4 rings (SSSR count). The van der Waals surface area contributed by atoms with Crippen LogP contribution in [0.2, 0.25) is 0 Å². The maximum Gasteiger partial charge on any atom is 0.254 e. The van der Waals surface area contributed by atoms with Crippen molar-refractivity contribution < 1.29 is 19.1 Å². The van der Waals surface area contributed by atoms with Crippen molar-refractivity contribution in [2.24, 2.45) is 0 Å². The number of benzene rings is 1. The summed E-state index contributed by atoms with van der Waals surface area (Å²) in [5, 5.41) is 17.9. The zero-order valence-corrected chi connectivity index (χ0v) is 13.9. The molecule has 9 heteroatoms. The molecule has 1 aromatic carbocycles. The van der Waals surface area contributed by atoms with E-state index < -0.39 is 5.54 Å². The van der Waals surface area contributed by atoms with Crippen LogP contribution in [0, 0.1) is 5.21 Å². The average Bonchev–Trinajstić information content (AvgIpc) is 3.00. The normalized spacial score (nSPS) is 20.8. The van der Waals surface area contributed by atoms with E-state index in [9.17, 15) is 14.8 Å². The average molecular weight is 345 g/mol. The number of fused-ring (bicyclic) bond motifs is 1. The van der Waals surface area contributed by atoms with Crippen LogP contribution in [0.15, 0.2) is 22.8 Å². The van der Waals surface area contributed by atoms with Gasteiger partial charge in [0.1, 0.15) is 5.54 Å². The molecule has 0 atom stereocenters. The zero-order valence-electron chi connectivity index (χ0n) is 13.9. The second kappa shape index (κ2) is 5.69. The molecule has 1 aromatic heterocycles. The molecule has 25 heavy (non-hydrogen) atoms. The maximum absolute atomic E-state index is 12.8. The lowest BCUT2D eigenvalue weighted by molar-refractivity contribution is -0.782. The zero-order chi connectivity index (χ0) is 17.6. The van der Waals surface area contributed by atoms with Crippen LogP contribution >= 0.6 is 0 Å². The molecular weight excluding hydrogens is 326 g/mol. The highest BCUT2D eigenvalue weighted by atomic mass is 16.8. The fraction of sp³-hybridized carbons (Fsp3) is 0.500. The van der Waals surface area contributed by atoms with Gasteiger partial charge in [-0.3, -0.25) is 19.1 Å². The highest BCUT2D eigenvalue weighted by Crippen LogP contribution is 2.30. The lowest BCUT2D eigenvalue weighted by Gasteiger charge is -2.48. The number of piperazine rings is 1. The van der Waals surface area contributed by atoms with E-state index in [0.717, 1.165) is 6.54 Å². The number of carbonyl (C=O) groups is 2. The van der Waals surface area contributed by atoms with Gasteiger partial charge in [-0.15, -0.1) is 0 Å². The van der Waals surface area contributed by atoms with Crippen molar-refractivity contribution in [2.45, 2.75) is 18.4 Å². The van der Waals surface area contributed by atoms with Crippen molar-refractivity contribution in [3.8, 4) is 0 Å². The fourth-order valence-electron chi connectivity index (χ4n) is 3.77. The van der Waals surface area contributed by atoms with E-state index in [1.54, 1.807) is 17.0 Å². The van der Waals surface area contributed by atoms with Gasteiger partial charge >= 0.3 is 0 Å². The first kappa shape index (κ1) is 15.8. The number of likely N-dealkylation sites (tertiary alicyclic amines) is 1. The minimum atomic E-state index is -0.515. The summed E-state index contributed by atoms with van der Waals surface area (Å²) >= 11 is 0. The topological polar surface area (TPSA) is 106 Å². The second-order valence-electron chi connectivity index (χ2n) is 6.63. The first-order chi connectivity index (χ1) is 12.0. The maximum atomic E-state index is 12.8. The van der Waals surface area contributed by atoms with E-state index in [2.05, 4.69) is 20.0 Å². The predicted molar refractivity (Wildman–Crippen MR) is 86.5 cm³/mol. The van der Waals surface area contributed by atoms with Gasteiger partial charge in [0.05, 0.1) is 0 Å². The minimum Gasteiger partial charge on any atom is -0.359 e. The predicted octanol–water partition coefficient (Wildman–Crippen LogP) is -0.502. The van der Waals surface area contributed by atoms with E-state index >= 15 is 0 Å². The van der Waals surface area contributed by atoms with Crippen LogP contribution in [0.25, 0.3) is 11.0 Å². The highest BCUT2D eigenvalue weighted by molar-refractivity contribution is 5.97. The Kier molecular flexibility index (Phi) is 3.60. The Morgan fingerprint density at radius 1 is 1.36 bits per heavy atom. The number of carbonyl (C=O) groups excluding carboxylic acids is 2. The number of nitrogens with zero attached hydrogens (tertiary/aromatic N) is 4. The number of hydrogen-bond acceptors (Lipinski definition) is 6. The Hall–Kier alpha value is -2.68. The Morgan fingerprint density at radius 3 is 2.84 bits per heavy atom. The summed E-state index contributed by atoms with van der Waals surface area (Å²) in [7, 11) is 1.97. The van der Waals surface area contributed by atoms with Gasteiger partial charge in [0.2, 0.25) is 16.9 Å². The van der Waals surface area contributed by atoms with Crippen molar-refractivity contribution in [3.05, 3.63) is 29.0 Å². The number of aromatic nitrogens is 2. The molecule has 2 aromatic rings. The number of likely N-dealkylation sites (N-methyl/N-ethyl adjacent to an activating group) is 1. The monoisotopic (exact) mass is 345 g/mol. The summed E-state index contributed by atoms with van der Waals surface area (Å²) in [6.07, 6.45) is 1.21. The summed E-state index contributed by atoms with van der Waals surface area (Å²) in [5.74, 6) is -0.0755. The third-order valence-electron chi connectivity index (χ3n) is 5.40. The van der Waals surface area contributed by atoms with Gasteiger partial charge in [0.25, 0.3) is 5.91 Å². The molecule has 9 nitrogen and oxygen atoms in total. The molecule has 2 aliphatic rings. The van der Waals surface area contributed by atoms with Crippen LogP contribution in [0.3, 0.4) is 0 Å². The quantitative estimate of drug-likeness (QED) is 0.699.